The van der Waals surface area contributed by atoms with E-state index in [9.17, 15) is 9.11 Å². The van der Waals surface area contributed by atoms with Gasteiger partial charge in [0, 0.05) is 6.54 Å². The summed E-state index contributed by atoms with van der Waals surface area (Å²) in [7, 11) is -3.98. The first-order valence-corrected chi connectivity index (χ1v) is 8.72. The van der Waals surface area contributed by atoms with Crippen molar-refractivity contribution < 1.29 is 18.2 Å². The number of rotatable bonds is 3. The fourth-order valence-corrected chi connectivity index (χ4v) is 4.47. The third-order valence-corrected chi connectivity index (χ3v) is 6.04. The standard InChI is InChI=1S/C16H19FN2O3S/c1-12(11-18)16(17)22-15-10-6-5-9-14(15)19(23(16,20)21)13-7-3-2-4-8-13/h2-10,12,20-21H,11,18H2,1H3. The van der Waals surface area contributed by atoms with Crippen molar-refractivity contribution in [3.05, 3.63) is 54.6 Å². The van der Waals surface area contributed by atoms with Gasteiger partial charge in [-0.2, -0.15) is 4.39 Å². The molecule has 0 aromatic heterocycles. The van der Waals surface area contributed by atoms with Crippen LogP contribution in [0.15, 0.2) is 54.6 Å². The summed E-state index contributed by atoms with van der Waals surface area (Å²) >= 11 is 0. The maximum atomic E-state index is 15.6. The third-order valence-electron chi connectivity index (χ3n) is 3.89. The molecule has 3 rings (SSSR count). The molecule has 2 aromatic carbocycles. The van der Waals surface area contributed by atoms with E-state index in [1.54, 1.807) is 54.6 Å². The Labute approximate surface area is 136 Å². The van der Waals surface area contributed by atoms with Crippen molar-refractivity contribution in [3.8, 4) is 5.75 Å². The van der Waals surface area contributed by atoms with E-state index >= 15 is 4.39 Å². The van der Waals surface area contributed by atoms with Gasteiger partial charge in [0.2, 0.25) is 0 Å². The van der Waals surface area contributed by atoms with E-state index < -0.39 is 21.9 Å². The number of hydrogen-bond acceptors (Lipinski definition) is 5. The quantitative estimate of drug-likeness (QED) is 0.785. The molecule has 0 spiro atoms. The minimum Gasteiger partial charge on any atom is -0.438 e. The van der Waals surface area contributed by atoms with Crippen LogP contribution in [0, 0.1) is 5.92 Å². The third kappa shape index (κ3) is 2.36. The topological polar surface area (TPSA) is 79.0 Å². The first kappa shape index (κ1) is 16.1. The van der Waals surface area contributed by atoms with Crippen molar-refractivity contribution in [1.29, 1.82) is 0 Å². The molecular formula is C16H19FN2O3S. The average Bonchev–Trinajstić information content (AvgIpc) is 2.55. The molecule has 5 nitrogen and oxygen atoms in total. The molecule has 2 atom stereocenters. The maximum Gasteiger partial charge on any atom is 0.364 e. The van der Waals surface area contributed by atoms with Gasteiger partial charge in [0.05, 0.1) is 11.6 Å². The van der Waals surface area contributed by atoms with Gasteiger partial charge < -0.3 is 10.5 Å². The molecule has 7 heteroatoms. The molecule has 0 amide bonds. The predicted molar refractivity (Wildman–Crippen MR) is 90.6 cm³/mol. The van der Waals surface area contributed by atoms with Crippen molar-refractivity contribution in [2.24, 2.45) is 11.7 Å². The van der Waals surface area contributed by atoms with Crippen molar-refractivity contribution in [2.75, 3.05) is 10.8 Å². The highest BCUT2D eigenvalue weighted by Crippen LogP contribution is 2.68. The first-order valence-electron chi connectivity index (χ1n) is 7.22. The number of nitrogens with two attached hydrogens (primary N) is 1. The molecular weight excluding hydrogens is 319 g/mol. The van der Waals surface area contributed by atoms with Gasteiger partial charge in [0.25, 0.3) is 0 Å². The summed E-state index contributed by atoms with van der Waals surface area (Å²) in [6.07, 6.45) is 0. The van der Waals surface area contributed by atoms with Crippen LogP contribution in [0.4, 0.5) is 15.8 Å². The maximum absolute atomic E-state index is 15.6. The van der Waals surface area contributed by atoms with Crippen LogP contribution in [0.2, 0.25) is 0 Å². The van der Waals surface area contributed by atoms with E-state index in [0.29, 0.717) is 11.4 Å². The molecule has 1 aliphatic heterocycles. The lowest BCUT2D eigenvalue weighted by Crippen LogP contribution is -2.53. The second-order valence-corrected chi connectivity index (χ2v) is 7.40. The molecule has 0 saturated heterocycles. The summed E-state index contributed by atoms with van der Waals surface area (Å²) in [5.41, 5.74) is 6.43. The summed E-state index contributed by atoms with van der Waals surface area (Å²) < 4.78 is 43.7. The molecule has 0 aliphatic carbocycles. The summed E-state index contributed by atoms with van der Waals surface area (Å²) in [5.74, 6) is -0.669. The number of hydrogen-bond donors (Lipinski definition) is 3. The van der Waals surface area contributed by atoms with Crippen LogP contribution >= 0.6 is 10.8 Å². The Kier molecular flexibility index (Phi) is 3.97. The summed E-state index contributed by atoms with van der Waals surface area (Å²) in [5, 5.41) is -2.70. The van der Waals surface area contributed by atoms with Crippen molar-refractivity contribution in [2.45, 2.75) is 12.1 Å². The fraction of sp³-hybridized carbons (Fsp3) is 0.250. The van der Waals surface area contributed by atoms with Gasteiger partial charge >= 0.3 is 5.19 Å². The van der Waals surface area contributed by atoms with Crippen LogP contribution in [-0.4, -0.2) is 20.8 Å². The van der Waals surface area contributed by atoms with Gasteiger partial charge in [-0.3, -0.25) is 9.11 Å². The minimum atomic E-state index is -3.98. The number of alkyl halides is 1. The van der Waals surface area contributed by atoms with Crippen LogP contribution in [0.5, 0.6) is 5.75 Å². The van der Waals surface area contributed by atoms with E-state index in [4.69, 9.17) is 10.5 Å². The number of halogens is 1. The van der Waals surface area contributed by atoms with Gasteiger partial charge in [0.15, 0.2) is 5.75 Å². The molecule has 0 radical (unpaired) electrons. The SMILES string of the molecule is CC(CN)C1(F)Oc2ccccc2N(c2ccccc2)S1(O)O. The Balaban J connectivity index is 2.23. The molecule has 1 heterocycles. The van der Waals surface area contributed by atoms with Crippen LogP contribution in [-0.2, 0) is 0 Å². The van der Waals surface area contributed by atoms with Crippen LogP contribution in [0.3, 0.4) is 0 Å². The Morgan fingerprint density at radius 1 is 1.17 bits per heavy atom. The molecule has 124 valence electrons. The van der Waals surface area contributed by atoms with E-state index in [1.165, 1.54) is 11.2 Å². The highest BCUT2D eigenvalue weighted by Gasteiger charge is 2.58. The smallest absolute Gasteiger partial charge is 0.364 e. The Bertz CT molecular complexity index is 701. The normalized spacial score (nSPS) is 25.2. The molecule has 1 aliphatic rings. The van der Waals surface area contributed by atoms with E-state index in [2.05, 4.69) is 0 Å². The molecule has 0 saturated carbocycles. The van der Waals surface area contributed by atoms with Gasteiger partial charge in [-0.1, -0.05) is 37.3 Å². The second-order valence-electron chi connectivity index (χ2n) is 5.44. The van der Waals surface area contributed by atoms with E-state index in [0.717, 1.165) is 0 Å². The lowest BCUT2D eigenvalue weighted by Gasteiger charge is -2.55. The summed E-state index contributed by atoms with van der Waals surface area (Å²) in [6, 6.07) is 15.3. The van der Waals surface area contributed by atoms with Crippen molar-refractivity contribution >= 4 is 22.2 Å². The highest BCUT2D eigenvalue weighted by molar-refractivity contribution is 8.26. The largest absolute Gasteiger partial charge is 0.438 e. The zero-order valence-corrected chi connectivity index (χ0v) is 13.4. The van der Waals surface area contributed by atoms with Crippen LogP contribution in [0.1, 0.15) is 6.92 Å². The van der Waals surface area contributed by atoms with Crippen molar-refractivity contribution in [3.63, 3.8) is 0 Å². The fourth-order valence-electron chi connectivity index (χ4n) is 2.54. The molecule has 2 unspecified atom stereocenters. The van der Waals surface area contributed by atoms with Gasteiger partial charge in [0.1, 0.15) is 5.69 Å². The van der Waals surface area contributed by atoms with Gasteiger partial charge in [-0.05, 0) is 35.0 Å². The number of fused-ring (bicyclic) bond motifs is 1. The second kappa shape index (κ2) is 5.68. The number of anilines is 2. The number of para-hydroxylation sites is 3. The first-order chi connectivity index (χ1) is 10.9. The molecule has 2 aromatic rings. The van der Waals surface area contributed by atoms with E-state index in [1.807, 2.05) is 0 Å². The molecule has 0 bridgehead atoms. The molecule has 4 N–H and O–H groups in total. The van der Waals surface area contributed by atoms with Crippen LogP contribution < -0.4 is 14.8 Å². The lowest BCUT2D eigenvalue weighted by molar-refractivity contribution is -0.0360. The highest BCUT2D eigenvalue weighted by atomic mass is 32.3. The number of ether oxygens (including phenoxy) is 1. The minimum absolute atomic E-state index is 0.0861. The Hall–Kier alpha value is -1.80. The summed E-state index contributed by atoms with van der Waals surface area (Å²) in [4.78, 5) is 0. The van der Waals surface area contributed by atoms with Crippen molar-refractivity contribution in [1.82, 2.24) is 0 Å². The Morgan fingerprint density at radius 2 is 1.78 bits per heavy atom. The predicted octanol–water partition coefficient (Wildman–Crippen LogP) is 4.10. The van der Waals surface area contributed by atoms with Gasteiger partial charge in [-0.15, -0.1) is 0 Å². The average molecular weight is 338 g/mol. The Morgan fingerprint density at radius 3 is 2.43 bits per heavy atom. The van der Waals surface area contributed by atoms with Crippen LogP contribution in [0.25, 0.3) is 0 Å². The monoisotopic (exact) mass is 338 g/mol. The zero-order valence-electron chi connectivity index (χ0n) is 12.6. The zero-order chi connectivity index (χ0) is 16.7. The van der Waals surface area contributed by atoms with E-state index in [-0.39, 0.29) is 12.3 Å². The number of benzene rings is 2. The molecule has 23 heavy (non-hydrogen) atoms. The molecule has 0 fully saturated rings. The number of nitrogens with zero attached hydrogens (tertiary/aromatic N) is 1. The lowest BCUT2D eigenvalue weighted by atomic mass is 10.2. The van der Waals surface area contributed by atoms with Gasteiger partial charge in [-0.25, -0.2) is 4.31 Å². The summed E-state index contributed by atoms with van der Waals surface area (Å²) in [6.45, 7) is 1.41.